The van der Waals surface area contributed by atoms with Gasteiger partial charge >= 0.3 is 0 Å². The number of hydrogen-bond donors (Lipinski definition) is 1. The molecule has 8 heteroatoms. The van der Waals surface area contributed by atoms with Crippen molar-refractivity contribution in [3.63, 3.8) is 0 Å². The minimum atomic E-state index is -3.63. The molecule has 0 radical (unpaired) electrons. The highest BCUT2D eigenvalue weighted by atomic mass is 32.2. The van der Waals surface area contributed by atoms with Crippen LogP contribution in [0.3, 0.4) is 0 Å². The minimum absolute atomic E-state index is 0.141. The van der Waals surface area contributed by atoms with E-state index < -0.39 is 10.0 Å². The normalized spacial score (nSPS) is 16.1. The van der Waals surface area contributed by atoms with Crippen LogP contribution in [-0.4, -0.2) is 69.4 Å². The summed E-state index contributed by atoms with van der Waals surface area (Å²) in [6, 6.07) is 4.92. The number of rotatable bonds is 9. The first kappa shape index (κ1) is 23.6. The quantitative estimate of drug-likeness (QED) is 0.658. The Morgan fingerprint density at radius 2 is 1.86 bits per heavy atom. The van der Waals surface area contributed by atoms with Gasteiger partial charge < -0.3 is 10.1 Å². The SMILES string of the molecule is CCN(CCNC(=O)c1cc(S(=O)(=O)N2CCCCCC2)ccc1OC)C(C)C. The molecule has 1 N–H and O–H groups in total. The minimum Gasteiger partial charge on any atom is -0.496 e. The first-order valence-electron chi connectivity index (χ1n) is 10.5. The highest BCUT2D eigenvalue weighted by Gasteiger charge is 2.27. The highest BCUT2D eigenvalue weighted by molar-refractivity contribution is 7.89. The summed E-state index contributed by atoms with van der Waals surface area (Å²) >= 11 is 0. The van der Waals surface area contributed by atoms with E-state index >= 15 is 0 Å². The van der Waals surface area contributed by atoms with Crippen LogP contribution in [0, 0.1) is 0 Å². The molecule has 2 rings (SSSR count). The summed E-state index contributed by atoms with van der Waals surface area (Å²) in [6.45, 7) is 9.49. The predicted molar refractivity (Wildman–Crippen MR) is 115 cm³/mol. The summed E-state index contributed by atoms with van der Waals surface area (Å²) < 4.78 is 33.0. The summed E-state index contributed by atoms with van der Waals surface area (Å²) in [5.74, 6) is 0.0445. The Balaban J connectivity index is 2.18. The number of nitrogens with zero attached hydrogens (tertiary/aromatic N) is 2. The van der Waals surface area contributed by atoms with Crippen molar-refractivity contribution in [2.75, 3.05) is 39.8 Å². The molecule has 0 atom stereocenters. The van der Waals surface area contributed by atoms with Crippen molar-refractivity contribution in [2.45, 2.75) is 57.4 Å². The number of benzene rings is 1. The molecule has 0 saturated carbocycles. The van der Waals surface area contributed by atoms with Gasteiger partial charge in [0.25, 0.3) is 5.91 Å². The molecule has 0 unspecified atom stereocenters. The molecule has 164 valence electrons. The maximum absolute atomic E-state index is 13.1. The van der Waals surface area contributed by atoms with Crippen LogP contribution in [0.25, 0.3) is 0 Å². The lowest BCUT2D eigenvalue weighted by atomic mass is 10.2. The lowest BCUT2D eigenvalue weighted by Crippen LogP contribution is -2.38. The van der Waals surface area contributed by atoms with Crippen LogP contribution >= 0.6 is 0 Å². The molecular weight excluding hydrogens is 390 g/mol. The van der Waals surface area contributed by atoms with Crippen molar-refractivity contribution in [1.82, 2.24) is 14.5 Å². The number of methoxy groups -OCH3 is 1. The fraction of sp³-hybridized carbons (Fsp3) is 0.667. The van der Waals surface area contributed by atoms with Gasteiger partial charge in [0.05, 0.1) is 17.6 Å². The van der Waals surface area contributed by atoms with E-state index in [0.29, 0.717) is 31.4 Å². The van der Waals surface area contributed by atoms with Crippen LogP contribution in [0.15, 0.2) is 23.1 Å². The fourth-order valence-corrected chi connectivity index (χ4v) is 5.19. The van der Waals surface area contributed by atoms with Crippen LogP contribution in [0.2, 0.25) is 0 Å². The molecule has 1 aliphatic rings. The standard InChI is InChI=1S/C21H35N3O4S/c1-5-23(17(2)3)15-12-22-21(25)19-16-18(10-11-20(19)28-4)29(26,27)24-13-8-6-7-9-14-24/h10-11,16-17H,5-9,12-15H2,1-4H3,(H,22,25). The predicted octanol–water partition coefficient (Wildman–Crippen LogP) is 2.72. The van der Waals surface area contributed by atoms with E-state index in [1.54, 1.807) is 6.07 Å². The summed E-state index contributed by atoms with van der Waals surface area (Å²) in [7, 11) is -2.15. The first-order chi connectivity index (χ1) is 13.8. The number of sulfonamides is 1. The zero-order valence-electron chi connectivity index (χ0n) is 18.1. The first-order valence-corrected chi connectivity index (χ1v) is 12.0. The van der Waals surface area contributed by atoms with E-state index in [9.17, 15) is 13.2 Å². The number of ether oxygens (including phenoxy) is 1. The van der Waals surface area contributed by atoms with Crippen molar-refractivity contribution in [2.24, 2.45) is 0 Å². The Labute approximate surface area is 175 Å². The second kappa shape index (κ2) is 10.9. The number of likely N-dealkylation sites (N-methyl/N-ethyl adjacent to an activating group) is 1. The third-order valence-electron chi connectivity index (χ3n) is 5.44. The summed E-state index contributed by atoms with van der Waals surface area (Å²) in [5, 5.41) is 2.89. The Morgan fingerprint density at radius 1 is 1.21 bits per heavy atom. The molecule has 1 saturated heterocycles. The third-order valence-corrected chi connectivity index (χ3v) is 7.33. The zero-order chi connectivity index (χ0) is 21.4. The smallest absolute Gasteiger partial charge is 0.255 e. The topological polar surface area (TPSA) is 79.0 Å². The molecule has 1 amide bonds. The summed E-state index contributed by atoms with van der Waals surface area (Å²) in [5.41, 5.74) is 0.246. The van der Waals surface area contributed by atoms with Crippen LogP contribution in [-0.2, 0) is 10.0 Å². The van der Waals surface area contributed by atoms with E-state index in [0.717, 1.165) is 38.8 Å². The molecule has 29 heavy (non-hydrogen) atoms. The van der Waals surface area contributed by atoms with Crippen LogP contribution in [0.4, 0.5) is 0 Å². The van der Waals surface area contributed by atoms with E-state index in [2.05, 4.69) is 31.0 Å². The van der Waals surface area contributed by atoms with Gasteiger partial charge in [0, 0.05) is 32.2 Å². The molecule has 0 bridgehead atoms. The zero-order valence-corrected chi connectivity index (χ0v) is 18.9. The molecule has 0 aromatic heterocycles. The molecule has 1 fully saturated rings. The van der Waals surface area contributed by atoms with Crippen LogP contribution in [0.5, 0.6) is 5.75 Å². The van der Waals surface area contributed by atoms with Gasteiger partial charge in [0.1, 0.15) is 5.75 Å². The van der Waals surface area contributed by atoms with Gasteiger partial charge in [-0.25, -0.2) is 8.42 Å². The van der Waals surface area contributed by atoms with Crippen molar-refractivity contribution >= 4 is 15.9 Å². The van der Waals surface area contributed by atoms with Crippen molar-refractivity contribution < 1.29 is 17.9 Å². The van der Waals surface area contributed by atoms with Crippen molar-refractivity contribution in [1.29, 1.82) is 0 Å². The Bertz CT molecular complexity index is 772. The fourth-order valence-electron chi connectivity index (χ4n) is 3.65. The molecule has 1 heterocycles. The highest BCUT2D eigenvalue weighted by Crippen LogP contribution is 2.26. The second-order valence-corrected chi connectivity index (χ2v) is 9.60. The van der Waals surface area contributed by atoms with E-state index in [-0.39, 0.29) is 16.4 Å². The van der Waals surface area contributed by atoms with Gasteiger partial charge in [0.2, 0.25) is 10.0 Å². The molecule has 7 nitrogen and oxygen atoms in total. The van der Waals surface area contributed by atoms with Crippen molar-refractivity contribution in [3.8, 4) is 5.75 Å². The van der Waals surface area contributed by atoms with Crippen LogP contribution < -0.4 is 10.1 Å². The Hall–Kier alpha value is -1.64. The average molecular weight is 426 g/mol. The Kier molecular flexibility index (Phi) is 8.92. The molecule has 1 aromatic carbocycles. The number of nitrogens with one attached hydrogen (secondary N) is 1. The molecule has 0 aliphatic carbocycles. The summed E-state index contributed by atoms with van der Waals surface area (Å²) in [6.07, 6.45) is 3.83. The van der Waals surface area contributed by atoms with Gasteiger partial charge in [0.15, 0.2) is 0 Å². The van der Waals surface area contributed by atoms with E-state index in [1.165, 1.54) is 23.5 Å². The number of hydrogen-bond acceptors (Lipinski definition) is 5. The Morgan fingerprint density at radius 3 is 2.41 bits per heavy atom. The maximum atomic E-state index is 13.1. The van der Waals surface area contributed by atoms with Gasteiger partial charge in [-0.2, -0.15) is 4.31 Å². The molecule has 0 spiro atoms. The van der Waals surface area contributed by atoms with E-state index in [1.807, 2.05) is 0 Å². The van der Waals surface area contributed by atoms with Crippen molar-refractivity contribution in [3.05, 3.63) is 23.8 Å². The third kappa shape index (κ3) is 6.17. The maximum Gasteiger partial charge on any atom is 0.255 e. The molecular formula is C21H35N3O4S. The van der Waals surface area contributed by atoms with E-state index in [4.69, 9.17) is 4.74 Å². The van der Waals surface area contributed by atoms with Crippen LogP contribution in [0.1, 0.15) is 56.8 Å². The average Bonchev–Trinajstić information content (AvgIpc) is 3.00. The monoisotopic (exact) mass is 425 g/mol. The number of amides is 1. The van der Waals surface area contributed by atoms with Gasteiger partial charge in [-0.3, -0.25) is 9.69 Å². The second-order valence-electron chi connectivity index (χ2n) is 7.66. The molecule has 1 aliphatic heterocycles. The van der Waals surface area contributed by atoms with Gasteiger partial charge in [-0.15, -0.1) is 0 Å². The number of carbonyl (C=O) groups excluding carboxylic acids is 1. The van der Waals surface area contributed by atoms with Gasteiger partial charge in [-0.1, -0.05) is 19.8 Å². The van der Waals surface area contributed by atoms with Gasteiger partial charge in [-0.05, 0) is 51.4 Å². The number of carbonyl (C=O) groups is 1. The molecule has 1 aromatic rings. The lowest BCUT2D eigenvalue weighted by molar-refractivity contribution is 0.0942. The largest absolute Gasteiger partial charge is 0.496 e. The summed E-state index contributed by atoms with van der Waals surface area (Å²) in [4.78, 5) is 15.1. The lowest BCUT2D eigenvalue weighted by Gasteiger charge is -2.24.